The van der Waals surface area contributed by atoms with E-state index in [2.05, 4.69) is 31.5 Å². The van der Waals surface area contributed by atoms with Crippen molar-refractivity contribution in [3.8, 4) is 0 Å². The fraction of sp³-hybridized carbons (Fsp3) is 0.167. The van der Waals surface area contributed by atoms with Gasteiger partial charge in [-0.15, -0.1) is 11.3 Å². The van der Waals surface area contributed by atoms with Gasteiger partial charge in [-0.05, 0) is 62.2 Å². The van der Waals surface area contributed by atoms with Crippen molar-refractivity contribution < 1.29 is 9.59 Å². The number of hydrogen-bond donors (Lipinski definition) is 2. The van der Waals surface area contributed by atoms with Gasteiger partial charge in [-0.2, -0.15) is 0 Å². The zero-order valence-corrected chi connectivity index (χ0v) is 20.6. The van der Waals surface area contributed by atoms with E-state index in [4.69, 9.17) is 0 Å². The molecule has 9 heteroatoms. The molecule has 0 radical (unpaired) electrons. The van der Waals surface area contributed by atoms with Crippen LogP contribution >= 0.6 is 27.3 Å². The number of fused-ring (bicyclic) bond motifs is 1. The van der Waals surface area contributed by atoms with E-state index < -0.39 is 0 Å². The van der Waals surface area contributed by atoms with Gasteiger partial charge in [-0.1, -0.05) is 33.6 Å². The summed E-state index contributed by atoms with van der Waals surface area (Å²) in [4.78, 5) is 43.7. The maximum atomic E-state index is 13.1. The van der Waals surface area contributed by atoms with Gasteiger partial charge in [0.2, 0.25) is 5.91 Å². The van der Waals surface area contributed by atoms with Gasteiger partial charge in [-0.25, -0.2) is 4.98 Å². The lowest BCUT2D eigenvalue weighted by Crippen LogP contribution is -2.27. The second-order valence-corrected chi connectivity index (χ2v) is 9.66. The Morgan fingerprint density at radius 2 is 1.79 bits per heavy atom. The predicted molar refractivity (Wildman–Crippen MR) is 135 cm³/mol. The third kappa shape index (κ3) is 4.89. The van der Waals surface area contributed by atoms with Crippen LogP contribution in [-0.2, 0) is 11.3 Å². The van der Waals surface area contributed by atoms with Crippen LogP contribution < -0.4 is 16.2 Å². The normalized spacial score (nSPS) is 10.9. The van der Waals surface area contributed by atoms with Gasteiger partial charge < -0.3 is 10.6 Å². The Balaban J connectivity index is 1.58. The smallest absolute Gasteiger partial charge is 0.266 e. The highest BCUT2D eigenvalue weighted by atomic mass is 79.9. The fourth-order valence-electron chi connectivity index (χ4n) is 3.51. The minimum Gasteiger partial charge on any atom is -0.325 e. The molecule has 2 aromatic heterocycles. The number of nitrogens with one attached hydrogen (secondary N) is 2. The first-order valence-electron chi connectivity index (χ1n) is 10.2. The second-order valence-electron chi connectivity index (χ2n) is 7.74. The summed E-state index contributed by atoms with van der Waals surface area (Å²) in [5.41, 5.74) is 3.61. The van der Waals surface area contributed by atoms with E-state index >= 15 is 0 Å². The molecule has 0 fully saturated rings. The number of amides is 2. The van der Waals surface area contributed by atoms with E-state index in [1.165, 1.54) is 10.9 Å². The third-order valence-electron chi connectivity index (χ3n) is 5.20. The number of aromatic nitrogens is 2. The summed E-state index contributed by atoms with van der Waals surface area (Å²) < 4.78 is 2.15. The summed E-state index contributed by atoms with van der Waals surface area (Å²) in [7, 11) is 0. The topological polar surface area (TPSA) is 93.1 Å². The average Bonchev–Trinajstić information content (AvgIpc) is 3.11. The van der Waals surface area contributed by atoms with Crippen LogP contribution in [0, 0.1) is 20.8 Å². The Morgan fingerprint density at radius 1 is 1.06 bits per heavy atom. The number of aryl methyl sites for hydroxylation is 3. The highest BCUT2D eigenvalue weighted by Gasteiger charge is 2.20. The van der Waals surface area contributed by atoms with Crippen LogP contribution in [0.5, 0.6) is 0 Å². The monoisotopic (exact) mass is 524 g/mol. The van der Waals surface area contributed by atoms with Crippen LogP contribution in [0.2, 0.25) is 0 Å². The molecule has 0 saturated heterocycles. The molecule has 2 N–H and O–H groups in total. The molecule has 0 saturated carbocycles. The van der Waals surface area contributed by atoms with Gasteiger partial charge in [0.05, 0.1) is 16.6 Å². The largest absolute Gasteiger partial charge is 0.325 e. The van der Waals surface area contributed by atoms with Gasteiger partial charge in [-0.3, -0.25) is 19.0 Å². The first kappa shape index (κ1) is 22.9. The Morgan fingerprint density at radius 3 is 2.48 bits per heavy atom. The molecule has 4 aromatic rings. The van der Waals surface area contributed by atoms with Gasteiger partial charge in [0.15, 0.2) is 0 Å². The Kier molecular flexibility index (Phi) is 6.44. The standard InChI is InChI=1S/C24H21BrN4O3S/c1-13-4-9-18(14(2)10-13)28-22(31)21-15(3)20-23(33-21)26-12-29(24(20)32)11-19(30)27-17-7-5-16(25)6-8-17/h4-10,12H,11H2,1-3H3,(H,27,30)(H,28,31). The fourth-order valence-corrected chi connectivity index (χ4v) is 4.81. The molecule has 0 atom stereocenters. The van der Waals surface area contributed by atoms with Crippen LogP contribution in [0.4, 0.5) is 11.4 Å². The van der Waals surface area contributed by atoms with Crippen LogP contribution in [0.15, 0.2) is 58.1 Å². The molecule has 0 bridgehead atoms. The van der Waals surface area contributed by atoms with Crippen LogP contribution in [0.1, 0.15) is 26.4 Å². The van der Waals surface area contributed by atoms with Crippen LogP contribution in [0.3, 0.4) is 0 Å². The molecule has 7 nitrogen and oxygen atoms in total. The van der Waals surface area contributed by atoms with E-state index in [1.807, 2.05) is 44.2 Å². The molecule has 0 aliphatic carbocycles. The van der Waals surface area contributed by atoms with Crippen molar-refractivity contribution in [1.82, 2.24) is 9.55 Å². The van der Waals surface area contributed by atoms with Gasteiger partial charge in [0.1, 0.15) is 11.4 Å². The van der Waals surface area contributed by atoms with Crippen molar-refractivity contribution in [2.75, 3.05) is 10.6 Å². The number of carbonyl (C=O) groups is 2. The van der Waals surface area contributed by atoms with Crippen molar-refractivity contribution in [3.63, 3.8) is 0 Å². The quantitative estimate of drug-likeness (QED) is 0.382. The van der Waals surface area contributed by atoms with E-state index in [-0.39, 0.29) is 23.9 Å². The lowest BCUT2D eigenvalue weighted by atomic mass is 10.1. The maximum absolute atomic E-state index is 13.1. The molecule has 2 amide bonds. The molecule has 2 aromatic carbocycles. The number of carbonyl (C=O) groups excluding carboxylic acids is 2. The molecule has 33 heavy (non-hydrogen) atoms. The summed E-state index contributed by atoms with van der Waals surface area (Å²) in [5.74, 6) is -0.636. The minimum atomic E-state index is -0.356. The summed E-state index contributed by atoms with van der Waals surface area (Å²) >= 11 is 4.51. The summed E-state index contributed by atoms with van der Waals surface area (Å²) in [6, 6.07) is 12.9. The van der Waals surface area contributed by atoms with Gasteiger partial charge in [0, 0.05) is 15.8 Å². The number of rotatable bonds is 5. The zero-order chi connectivity index (χ0) is 23.7. The van der Waals surface area contributed by atoms with Gasteiger partial charge >= 0.3 is 0 Å². The lowest BCUT2D eigenvalue weighted by molar-refractivity contribution is -0.116. The van der Waals surface area contributed by atoms with Crippen molar-refractivity contribution in [3.05, 3.63) is 85.2 Å². The van der Waals surface area contributed by atoms with Crippen molar-refractivity contribution >= 4 is 60.7 Å². The highest BCUT2D eigenvalue weighted by Crippen LogP contribution is 2.28. The van der Waals surface area contributed by atoms with Crippen molar-refractivity contribution in [1.29, 1.82) is 0 Å². The average molecular weight is 525 g/mol. The molecule has 0 aliphatic heterocycles. The Labute approximate surface area is 202 Å². The first-order valence-corrected chi connectivity index (χ1v) is 11.8. The predicted octanol–water partition coefficient (Wildman–Crippen LogP) is 5.04. The molecule has 4 rings (SSSR count). The number of nitrogens with zero attached hydrogens (tertiary/aromatic N) is 2. The Bertz CT molecular complexity index is 1440. The van der Waals surface area contributed by atoms with Crippen molar-refractivity contribution in [2.45, 2.75) is 27.3 Å². The summed E-state index contributed by atoms with van der Waals surface area (Å²) in [6.07, 6.45) is 1.34. The molecule has 0 aliphatic rings. The molecule has 0 spiro atoms. The first-order chi connectivity index (χ1) is 15.7. The van der Waals surface area contributed by atoms with Crippen LogP contribution in [-0.4, -0.2) is 21.4 Å². The summed E-state index contributed by atoms with van der Waals surface area (Å²) in [6.45, 7) is 5.47. The number of thiophene rings is 1. The SMILES string of the molecule is Cc1ccc(NC(=O)c2sc3ncn(CC(=O)Nc4ccc(Br)cc4)c(=O)c3c2C)c(C)c1. The molecule has 0 unspecified atom stereocenters. The van der Waals surface area contributed by atoms with E-state index in [0.29, 0.717) is 26.3 Å². The number of anilines is 2. The lowest BCUT2D eigenvalue weighted by Gasteiger charge is -2.08. The zero-order valence-electron chi connectivity index (χ0n) is 18.2. The molecular weight excluding hydrogens is 504 g/mol. The Hall–Kier alpha value is -3.30. The van der Waals surface area contributed by atoms with E-state index in [9.17, 15) is 14.4 Å². The number of halogens is 1. The highest BCUT2D eigenvalue weighted by molar-refractivity contribution is 9.10. The molecule has 168 valence electrons. The maximum Gasteiger partial charge on any atom is 0.266 e. The molecular formula is C24H21BrN4O3S. The van der Waals surface area contributed by atoms with E-state index in [0.717, 1.165) is 32.6 Å². The number of hydrogen-bond acceptors (Lipinski definition) is 5. The molecule has 2 heterocycles. The summed E-state index contributed by atoms with van der Waals surface area (Å²) in [5, 5.41) is 6.03. The minimum absolute atomic E-state index is 0.183. The number of benzene rings is 2. The van der Waals surface area contributed by atoms with Gasteiger partial charge in [0.25, 0.3) is 11.5 Å². The third-order valence-corrected chi connectivity index (χ3v) is 6.92. The van der Waals surface area contributed by atoms with Crippen molar-refractivity contribution in [2.24, 2.45) is 0 Å². The van der Waals surface area contributed by atoms with E-state index in [1.54, 1.807) is 19.1 Å². The van der Waals surface area contributed by atoms with Crippen LogP contribution in [0.25, 0.3) is 10.2 Å². The second kappa shape index (κ2) is 9.29.